The van der Waals surface area contributed by atoms with E-state index < -0.39 is 5.97 Å². The van der Waals surface area contributed by atoms with Crippen molar-refractivity contribution in [3.8, 4) is 11.5 Å². The zero-order valence-electron chi connectivity index (χ0n) is 11.9. The molecule has 5 heteroatoms. The largest absolute Gasteiger partial charge is 0.508 e. The predicted molar refractivity (Wildman–Crippen MR) is 84.2 cm³/mol. The summed E-state index contributed by atoms with van der Waals surface area (Å²) in [6, 6.07) is 11.4. The maximum Gasteiger partial charge on any atom is 0.328 e. The van der Waals surface area contributed by atoms with E-state index in [-0.39, 0.29) is 17.3 Å². The molecule has 0 unspecified atom stereocenters. The van der Waals surface area contributed by atoms with Gasteiger partial charge in [0.25, 0.3) is 0 Å². The van der Waals surface area contributed by atoms with Gasteiger partial charge in [0.15, 0.2) is 5.76 Å². The van der Waals surface area contributed by atoms with Gasteiger partial charge in [-0.05, 0) is 41.5 Å². The molecule has 5 nitrogen and oxygen atoms in total. The number of fused-ring (bicyclic) bond motifs is 1. The Balaban J connectivity index is 1.90. The van der Waals surface area contributed by atoms with E-state index in [1.165, 1.54) is 24.3 Å². The van der Waals surface area contributed by atoms with E-state index in [0.29, 0.717) is 22.4 Å². The number of rotatable bonds is 3. The third-order valence-electron chi connectivity index (χ3n) is 3.28. The molecule has 114 valence electrons. The number of carboxylic acids is 1. The Morgan fingerprint density at radius 3 is 2.65 bits per heavy atom. The van der Waals surface area contributed by atoms with Crippen molar-refractivity contribution in [3.63, 3.8) is 0 Å². The Labute approximate surface area is 131 Å². The molecular formula is C18H12O5. The number of hydrogen-bond donors (Lipinski definition) is 2. The number of benzene rings is 2. The topological polar surface area (TPSA) is 83.8 Å². The van der Waals surface area contributed by atoms with Crippen molar-refractivity contribution in [2.45, 2.75) is 0 Å². The number of hydrogen-bond acceptors (Lipinski definition) is 4. The van der Waals surface area contributed by atoms with E-state index >= 15 is 0 Å². The summed E-state index contributed by atoms with van der Waals surface area (Å²) < 4.78 is 5.48. The molecule has 0 aliphatic carbocycles. The Bertz CT molecular complexity index is 861. The molecular weight excluding hydrogens is 296 g/mol. The number of phenols is 1. The van der Waals surface area contributed by atoms with Gasteiger partial charge in [0.2, 0.25) is 5.78 Å². The number of carbonyl (C=O) groups is 2. The zero-order valence-corrected chi connectivity index (χ0v) is 11.9. The lowest BCUT2D eigenvalue weighted by atomic mass is 10.1. The summed E-state index contributed by atoms with van der Waals surface area (Å²) >= 11 is 0. The maximum atomic E-state index is 12.2. The highest BCUT2D eigenvalue weighted by Gasteiger charge is 2.27. The maximum absolute atomic E-state index is 12.2. The molecule has 0 saturated heterocycles. The molecule has 0 saturated carbocycles. The first-order valence-electron chi connectivity index (χ1n) is 6.81. The molecule has 3 rings (SSSR count). The van der Waals surface area contributed by atoms with Gasteiger partial charge in [0, 0.05) is 12.1 Å². The first-order valence-corrected chi connectivity index (χ1v) is 6.81. The van der Waals surface area contributed by atoms with Crippen LogP contribution in [0.3, 0.4) is 0 Å². The Morgan fingerprint density at radius 1 is 1.09 bits per heavy atom. The summed E-state index contributed by atoms with van der Waals surface area (Å²) in [4.78, 5) is 22.8. The van der Waals surface area contributed by atoms with Gasteiger partial charge in [0.1, 0.15) is 11.5 Å². The average Bonchev–Trinajstić information content (AvgIpc) is 2.81. The Hall–Kier alpha value is -3.34. The van der Waals surface area contributed by atoms with Gasteiger partial charge in [-0.25, -0.2) is 4.79 Å². The van der Waals surface area contributed by atoms with Crippen LogP contribution in [0.1, 0.15) is 21.5 Å². The normalized spacial score (nSPS) is 15.0. The van der Waals surface area contributed by atoms with Crippen molar-refractivity contribution in [2.24, 2.45) is 0 Å². The summed E-state index contributed by atoms with van der Waals surface area (Å²) in [6.45, 7) is 0. The van der Waals surface area contributed by atoms with Gasteiger partial charge in [-0.3, -0.25) is 4.79 Å². The minimum atomic E-state index is -1.03. The lowest BCUT2D eigenvalue weighted by Crippen LogP contribution is -1.98. The molecule has 2 aromatic rings. The molecule has 2 N–H and O–H groups in total. The van der Waals surface area contributed by atoms with Crippen molar-refractivity contribution in [3.05, 3.63) is 71.0 Å². The van der Waals surface area contributed by atoms with Gasteiger partial charge in [0.05, 0.1) is 5.56 Å². The molecule has 1 heterocycles. The number of phenolic OH excluding ortho intramolecular Hbond substituents is 1. The quantitative estimate of drug-likeness (QED) is 0.851. The van der Waals surface area contributed by atoms with Crippen LogP contribution in [0.25, 0.3) is 12.2 Å². The number of Topliss-reactive ketones (excluding diaryl/α,β-unsaturated/α-hetero) is 1. The summed E-state index contributed by atoms with van der Waals surface area (Å²) in [5.74, 6) is -0.781. The number of ketones is 1. The first-order chi connectivity index (χ1) is 11.0. The van der Waals surface area contributed by atoms with Crippen LogP contribution in [0.2, 0.25) is 0 Å². The highest BCUT2D eigenvalue weighted by atomic mass is 16.5. The van der Waals surface area contributed by atoms with E-state index in [9.17, 15) is 14.7 Å². The van der Waals surface area contributed by atoms with Crippen LogP contribution in [0.15, 0.2) is 54.3 Å². The van der Waals surface area contributed by atoms with E-state index in [4.69, 9.17) is 9.84 Å². The number of carbonyl (C=O) groups excluding carboxylic acids is 1. The Morgan fingerprint density at radius 2 is 1.87 bits per heavy atom. The summed E-state index contributed by atoms with van der Waals surface area (Å²) in [5, 5.41) is 18.1. The van der Waals surface area contributed by atoms with Gasteiger partial charge in [-0.2, -0.15) is 0 Å². The van der Waals surface area contributed by atoms with Gasteiger partial charge in [-0.15, -0.1) is 0 Å². The molecule has 0 fully saturated rings. The Kier molecular flexibility index (Phi) is 3.68. The molecule has 23 heavy (non-hydrogen) atoms. The van der Waals surface area contributed by atoms with Crippen molar-refractivity contribution in [1.82, 2.24) is 0 Å². The van der Waals surface area contributed by atoms with Crippen molar-refractivity contribution in [2.75, 3.05) is 0 Å². The summed E-state index contributed by atoms with van der Waals surface area (Å²) in [7, 11) is 0. The lowest BCUT2D eigenvalue weighted by Gasteiger charge is -2.00. The third kappa shape index (κ3) is 3.13. The van der Waals surface area contributed by atoms with Gasteiger partial charge >= 0.3 is 5.97 Å². The molecule has 0 spiro atoms. The van der Waals surface area contributed by atoms with Crippen molar-refractivity contribution in [1.29, 1.82) is 0 Å². The second kappa shape index (κ2) is 5.81. The fourth-order valence-electron chi connectivity index (χ4n) is 2.25. The number of aliphatic carboxylic acids is 1. The molecule has 1 aliphatic heterocycles. The van der Waals surface area contributed by atoms with Crippen LogP contribution in [-0.4, -0.2) is 22.0 Å². The molecule has 2 aromatic carbocycles. The molecule has 1 aliphatic rings. The van der Waals surface area contributed by atoms with Crippen LogP contribution in [0.4, 0.5) is 0 Å². The van der Waals surface area contributed by atoms with E-state index in [0.717, 1.165) is 6.08 Å². The monoisotopic (exact) mass is 308 g/mol. The van der Waals surface area contributed by atoms with Crippen LogP contribution in [0.5, 0.6) is 11.5 Å². The van der Waals surface area contributed by atoms with Crippen LogP contribution >= 0.6 is 0 Å². The lowest BCUT2D eigenvalue weighted by molar-refractivity contribution is -0.131. The zero-order chi connectivity index (χ0) is 16.4. The summed E-state index contributed by atoms with van der Waals surface area (Å²) in [6.07, 6.45) is 4.09. The highest BCUT2D eigenvalue weighted by molar-refractivity contribution is 6.14. The van der Waals surface area contributed by atoms with Crippen molar-refractivity contribution < 1.29 is 24.5 Å². The standard InChI is InChI=1S/C18H12O5/c19-13-5-6-14-15(10-13)23-16(18(14)22)9-12-3-1-2-11(8-12)4-7-17(20)21/h1-10,19H,(H,20,21)/b7-4+,16-9-. The minimum Gasteiger partial charge on any atom is -0.508 e. The number of allylic oxidation sites excluding steroid dienone is 1. The number of carboxylic acid groups (broad SMARTS) is 1. The summed E-state index contributed by atoms with van der Waals surface area (Å²) in [5.41, 5.74) is 1.80. The number of aromatic hydroxyl groups is 1. The van der Waals surface area contributed by atoms with E-state index in [2.05, 4.69) is 0 Å². The predicted octanol–water partition coefficient (Wildman–Crippen LogP) is 3.11. The van der Waals surface area contributed by atoms with Crippen molar-refractivity contribution >= 4 is 23.9 Å². The highest BCUT2D eigenvalue weighted by Crippen LogP contribution is 2.34. The second-order valence-corrected chi connectivity index (χ2v) is 4.96. The minimum absolute atomic E-state index is 0.0265. The fraction of sp³-hybridized carbons (Fsp3) is 0. The van der Waals surface area contributed by atoms with Crippen LogP contribution < -0.4 is 4.74 Å². The molecule has 0 amide bonds. The fourth-order valence-corrected chi connectivity index (χ4v) is 2.25. The molecule has 0 bridgehead atoms. The smallest absolute Gasteiger partial charge is 0.328 e. The second-order valence-electron chi connectivity index (χ2n) is 4.96. The van der Waals surface area contributed by atoms with Crippen LogP contribution in [-0.2, 0) is 4.79 Å². The number of ether oxygens (including phenoxy) is 1. The van der Waals surface area contributed by atoms with E-state index in [1.54, 1.807) is 30.3 Å². The van der Waals surface area contributed by atoms with Gasteiger partial charge < -0.3 is 14.9 Å². The first kappa shape index (κ1) is 14.6. The molecule has 0 radical (unpaired) electrons. The van der Waals surface area contributed by atoms with Gasteiger partial charge in [-0.1, -0.05) is 18.2 Å². The average molecular weight is 308 g/mol. The molecule has 0 atom stereocenters. The van der Waals surface area contributed by atoms with Crippen LogP contribution in [0, 0.1) is 0 Å². The van der Waals surface area contributed by atoms with E-state index in [1.807, 2.05) is 0 Å². The molecule has 0 aromatic heterocycles. The SMILES string of the molecule is O=C(O)/C=C/c1cccc(/C=C2\Oc3cc(O)ccc3C2=O)c1. The third-order valence-corrected chi connectivity index (χ3v) is 3.28.